The number of aromatic amines is 1. The van der Waals surface area contributed by atoms with Crippen molar-refractivity contribution in [2.75, 3.05) is 0 Å². The fourth-order valence-electron chi connectivity index (χ4n) is 1.55. The van der Waals surface area contributed by atoms with Crippen molar-refractivity contribution in [3.63, 3.8) is 0 Å². The van der Waals surface area contributed by atoms with Gasteiger partial charge in [-0.05, 0) is 25.0 Å². The van der Waals surface area contributed by atoms with Crippen LogP contribution in [0, 0.1) is 6.92 Å². The Labute approximate surface area is 78.0 Å². The normalized spacial score (nSPS) is 11.4. The van der Waals surface area contributed by atoms with Crippen LogP contribution < -0.4 is 0 Å². The summed E-state index contributed by atoms with van der Waals surface area (Å²) in [5.74, 6) is 0.492. The third-order valence-electron chi connectivity index (χ3n) is 2.35. The van der Waals surface area contributed by atoms with Crippen molar-refractivity contribution in [1.82, 2.24) is 9.97 Å². The lowest BCUT2D eigenvalue weighted by Gasteiger charge is -2.05. The number of rotatable bonds is 1. The molecule has 0 unspecified atom stereocenters. The van der Waals surface area contributed by atoms with E-state index in [1.165, 1.54) is 10.9 Å². The molecule has 0 bridgehead atoms. The molecule has 0 aliphatic rings. The van der Waals surface area contributed by atoms with Gasteiger partial charge in [-0.25, -0.2) is 0 Å². The molecule has 2 heterocycles. The number of H-pyrrole nitrogens is 1. The van der Waals surface area contributed by atoms with E-state index in [1.807, 2.05) is 6.20 Å². The summed E-state index contributed by atoms with van der Waals surface area (Å²) < 4.78 is 0. The largest absolute Gasteiger partial charge is 0.361 e. The predicted molar refractivity (Wildman–Crippen MR) is 54.9 cm³/mol. The molecule has 0 aliphatic carbocycles. The summed E-state index contributed by atoms with van der Waals surface area (Å²) in [5.41, 5.74) is 3.46. The number of aromatic nitrogens is 2. The molecule has 0 aliphatic heterocycles. The van der Waals surface area contributed by atoms with Crippen LogP contribution in [-0.4, -0.2) is 9.97 Å². The van der Waals surface area contributed by atoms with Crippen LogP contribution in [-0.2, 0) is 0 Å². The smallest absolute Gasteiger partial charge is 0.0490 e. The Hall–Kier alpha value is -1.31. The van der Waals surface area contributed by atoms with Crippen molar-refractivity contribution in [3.8, 4) is 0 Å². The molecule has 0 fully saturated rings. The zero-order valence-electron chi connectivity index (χ0n) is 8.26. The quantitative estimate of drug-likeness (QED) is 0.707. The van der Waals surface area contributed by atoms with Gasteiger partial charge in [0.2, 0.25) is 0 Å². The summed E-state index contributed by atoms with van der Waals surface area (Å²) in [4.78, 5) is 7.77. The van der Waals surface area contributed by atoms with Crippen LogP contribution in [0.2, 0.25) is 0 Å². The van der Waals surface area contributed by atoms with Crippen molar-refractivity contribution in [1.29, 1.82) is 0 Å². The van der Waals surface area contributed by atoms with Gasteiger partial charge in [-0.15, -0.1) is 0 Å². The number of hydrogen-bond acceptors (Lipinski definition) is 1. The molecule has 0 saturated carbocycles. The number of nitrogens with zero attached hydrogens (tertiary/aromatic N) is 1. The van der Waals surface area contributed by atoms with Crippen LogP contribution in [0.5, 0.6) is 0 Å². The van der Waals surface area contributed by atoms with Gasteiger partial charge in [-0.2, -0.15) is 0 Å². The van der Waals surface area contributed by atoms with Gasteiger partial charge in [0, 0.05) is 28.5 Å². The number of aryl methyl sites for hydroxylation is 1. The van der Waals surface area contributed by atoms with Gasteiger partial charge in [0.15, 0.2) is 0 Å². The maximum atomic E-state index is 4.55. The maximum absolute atomic E-state index is 4.55. The molecular weight excluding hydrogens is 160 g/mol. The van der Waals surface area contributed by atoms with Gasteiger partial charge in [-0.1, -0.05) is 13.8 Å². The Balaban J connectivity index is 2.70. The summed E-state index contributed by atoms with van der Waals surface area (Å²) in [6.45, 7) is 6.38. The first-order chi connectivity index (χ1) is 6.18. The molecule has 0 amide bonds. The summed E-state index contributed by atoms with van der Waals surface area (Å²) in [5, 5.41) is 1.23. The van der Waals surface area contributed by atoms with Gasteiger partial charge >= 0.3 is 0 Å². The number of fused-ring (bicyclic) bond motifs is 1. The third-order valence-corrected chi connectivity index (χ3v) is 2.35. The minimum Gasteiger partial charge on any atom is -0.361 e. The van der Waals surface area contributed by atoms with E-state index in [0.717, 1.165) is 11.4 Å². The first kappa shape index (κ1) is 8.30. The topological polar surface area (TPSA) is 28.7 Å². The molecule has 0 radical (unpaired) electrons. The third kappa shape index (κ3) is 1.32. The zero-order chi connectivity index (χ0) is 9.42. The van der Waals surface area contributed by atoms with E-state index in [-0.39, 0.29) is 0 Å². The van der Waals surface area contributed by atoms with Crippen LogP contribution in [0.4, 0.5) is 0 Å². The first-order valence-electron chi connectivity index (χ1n) is 4.63. The van der Waals surface area contributed by atoms with Crippen LogP contribution in [0.25, 0.3) is 10.9 Å². The lowest BCUT2D eigenvalue weighted by atomic mass is 10.1. The van der Waals surface area contributed by atoms with Crippen LogP contribution in [0.3, 0.4) is 0 Å². The second-order valence-corrected chi connectivity index (χ2v) is 3.73. The molecule has 0 saturated heterocycles. The second kappa shape index (κ2) is 2.87. The highest BCUT2D eigenvalue weighted by molar-refractivity contribution is 5.81. The zero-order valence-corrected chi connectivity index (χ0v) is 8.26. The fraction of sp³-hybridized carbons (Fsp3) is 0.364. The predicted octanol–water partition coefficient (Wildman–Crippen LogP) is 2.99. The van der Waals surface area contributed by atoms with Crippen molar-refractivity contribution >= 4 is 10.9 Å². The highest BCUT2D eigenvalue weighted by Crippen LogP contribution is 2.20. The van der Waals surface area contributed by atoms with Crippen molar-refractivity contribution < 1.29 is 0 Å². The second-order valence-electron chi connectivity index (χ2n) is 3.73. The number of pyridine rings is 1. The van der Waals surface area contributed by atoms with Gasteiger partial charge < -0.3 is 4.98 Å². The van der Waals surface area contributed by atoms with Crippen molar-refractivity contribution in [2.24, 2.45) is 0 Å². The van der Waals surface area contributed by atoms with Crippen LogP contribution in [0.15, 0.2) is 18.3 Å². The SMILES string of the molecule is Cc1nc(C(C)C)cc2[nH]ccc12. The Kier molecular flexibility index (Phi) is 1.83. The Morgan fingerprint density at radius 2 is 2.15 bits per heavy atom. The highest BCUT2D eigenvalue weighted by atomic mass is 14.7. The number of nitrogens with one attached hydrogen (secondary N) is 1. The molecule has 2 nitrogen and oxygen atoms in total. The molecule has 0 spiro atoms. The molecule has 0 aromatic carbocycles. The monoisotopic (exact) mass is 174 g/mol. The van der Waals surface area contributed by atoms with Crippen molar-refractivity contribution in [2.45, 2.75) is 26.7 Å². The summed E-state index contributed by atoms with van der Waals surface area (Å²) in [6, 6.07) is 4.20. The Bertz CT molecular complexity index is 427. The summed E-state index contributed by atoms with van der Waals surface area (Å²) >= 11 is 0. The highest BCUT2D eigenvalue weighted by Gasteiger charge is 2.05. The van der Waals surface area contributed by atoms with Gasteiger partial charge in [0.05, 0.1) is 0 Å². The van der Waals surface area contributed by atoms with E-state index in [2.05, 4.69) is 42.9 Å². The first-order valence-corrected chi connectivity index (χ1v) is 4.63. The average molecular weight is 174 g/mol. The average Bonchev–Trinajstić information content (AvgIpc) is 2.51. The molecule has 1 N–H and O–H groups in total. The standard InChI is InChI=1S/C11H14N2/c1-7(2)10-6-11-9(4-5-12-11)8(3)13-10/h4-7,12H,1-3H3. The van der Waals surface area contributed by atoms with E-state index in [0.29, 0.717) is 5.92 Å². The van der Waals surface area contributed by atoms with Gasteiger partial charge in [0.1, 0.15) is 0 Å². The summed E-state index contributed by atoms with van der Waals surface area (Å²) in [7, 11) is 0. The molecule has 2 heteroatoms. The van der Waals surface area contributed by atoms with Crippen molar-refractivity contribution in [3.05, 3.63) is 29.7 Å². The Morgan fingerprint density at radius 3 is 2.85 bits per heavy atom. The molecule has 2 aromatic rings. The minimum atomic E-state index is 0.492. The molecule has 0 atom stereocenters. The van der Waals surface area contributed by atoms with E-state index < -0.39 is 0 Å². The molecule has 2 aromatic heterocycles. The number of hydrogen-bond donors (Lipinski definition) is 1. The van der Waals surface area contributed by atoms with Gasteiger partial charge in [0.25, 0.3) is 0 Å². The molecule has 2 rings (SSSR count). The van der Waals surface area contributed by atoms with E-state index in [4.69, 9.17) is 0 Å². The lowest BCUT2D eigenvalue weighted by Crippen LogP contribution is -1.94. The minimum absolute atomic E-state index is 0.492. The fourth-order valence-corrected chi connectivity index (χ4v) is 1.55. The van der Waals surface area contributed by atoms with E-state index in [1.54, 1.807) is 0 Å². The maximum Gasteiger partial charge on any atom is 0.0490 e. The lowest BCUT2D eigenvalue weighted by molar-refractivity contribution is 0.819. The molecule has 13 heavy (non-hydrogen) atoms. The van der Waals surface area contributed by atoms with Crippen LogP contribution in [0.1, 0.15) is 31.2 Å². The summed E-state index contributed by atoms with van der Waals surface area (Å²) in [6.07, 6.45) is 1.96. The Morgan fingerprint density at radius 1 is 1.38 bits per heavy atom. The van der Waals surface area contributed by atoms with E-state index in [9.17, 15) is 0 Å². The van der Waals surface area contributed by atoms with Gasteiger partial charge in [-0.3, -0.25) is 4.98 Å². The molecular formula is C11H14N2. The van der Waals surface area contributed by atoms with E-state index >= 15 is 0 Å². The molecule has 68 valence electrons. The van der Waals surface area contributed by atoms with Crippen LogP contribution >= 0.6 is 0 Å².